The van der Waals surface area contributed by atoms with Gasteiger partial charge in [0.05, 0.1) is 12.9 Å². The van der Waals surface area contributed by atoms with Crippen LogP contribution in [0.3, 0.4) is 0 Å². The van der Waals surface area contributed by atoms with Crippen molar-refractivity contribution < 1.29 is 23.7 Å². The number of halogens is 2. The summed E-state index contributed by atoms with van der Waals surface area (Å²) < 4.78 is 34.0. The average molecular weight is 301 g/mol. The molecule has 8 nitrogen and oxygen atoms in total. The quantitative estimate of drug-likeness (QED) is 0.641. The Bertz CT molecular complexity index is 696. The minimum atomic E-state index is -1.85. The van der Waals surface area contributed by atoms with E-state index in [-0.39, 0.29) is 17.0 Å². The highest BCUT2D eigenvalue weighted by molar-refractivity contribution is 5.81. The van der Waals surface area contributed by atoms with Gasteiger partial charge in [0.1, 0.15) is 11.7 Å². The summed E-state index contributed by atoms with van der Waals surface area (Å²) in [5.41, 5.74) is 4.09. The minimum Gasteiger partial charge on any atom is -0.393 e. The van der Waals surface area contributed by atoms with E-state index in [1.165, 1.54) is 13.3 Å². The van der Waals surface area contributed by atoms with Gasteiger partial charge in [0, 0.05) is 0 Å². The molecule has 2 aromatic rings. The molecule has 0 radical (unpaired) electrons. The molecule has 0 spiro atoms. The van der Waals surface area contributed by atoms with Crippen molar-refractivity contribution in [1.82, 2.24) is 19.5 Å². The molecule has 21 heavy (non-hydrogen) atoms. The highest BCUT2D eigenvalue weighted by Gasteiger charge is 2.53. The molecule has 0 unspecified atom stereocenters. The van der Waals surface area contributed by atoms with Gasteiger partial charge in [-0.05, 0) is 6.92 Å². The fourth-order valence-corrected chi connectivity index (χ4v) is 2.34. The Morgan fingerprint density at radius 1 is 1.52 bits per heavy atom. The van der Waals surface area contributed by atoms with Crippen LogP contribution in [0.4, 0.5) is 14.6 Å². The van der Waals surface area contributed by atoms with Crippen LogP contribution in [0.1, 0.15) is 13.2 Å². The van der Waals surface area contributed by atoms with E-state index in [4.69, 9.17) is 10.5 Å². The van der Waals surface area contributed by atoms with Gasteiger partial charge in [-0.25, -0.2) is 9.37 Å². The van der Waals surface area contributed by atoms with E-state index < -0.39 is 36.8 Å². The Labute approximate surface area is 117 Å². The lowest BCUT2D eigenvalue weighted by Crippen LogP contribution is -2.42. The van der Waals surface area contributed by atoms with Gasteiger partial charge in [0.2, 0.25) is 0 Å². The molecule has 0 aromatic carbocycles. The highest BCUT2D eigenvalue weighted by Crippen LogP contribution is 2.39. The van der Waals surface area contributed by atoms with E-state index in [0.717, 1.165) is 4.57 Å². The molecule has 1 fully saturated rings. The molecule has 2 aromatic heterocycles. The van der Waals surface area contributed by atoms with Gasteiger partial charge >= 0.3 is 6.08 Å². The van der Waals surface area contributed by atoms with Gasteiger partial charge in [0.15, 0.2) is 29.4 Å². The first-order valence-electron chi connectivity index (χ1n) is 6.14. The van der Waals surface area contributed by atoms with Crippen LogP contribution in [-0.2, 0) is 4.74 Å². The van der Waals surface area contributed by atoms with Crippen LogP contribution in [-0.4, -0.2) is 54.2 Å². The Hall–Kier alpha value is -1.91. The van der Waals surface area contributed by atoms with Crippen molar-refractivity contribution in [3.8, 4) is 0 Å². The second-order valence-electron chi connectivity index (χ2n) is 5.07. The summed E-state index contributed by atoms with van der Waals surface area (Å²) in [6.45, 7) is 0.788. The van der Waals surface area contributed by atoms with E-state index >= 15 is 0 Å². The normalized spacial score (nSPS) is 32.9. The van der Waals surface area contributed by atoms with Gasteiger partial charge < -0.3 is 20.7 Å². The lowest BCUT2D eigenvalue weighted by Gasteiger charge is -2.24. The molecule has 1 aliphatic heterocycles. The first-order chi connectivity index (χ1) is 9.87. The van der Waals surface area contributed by atoms with Crippen LogP contribution in [0.2, 0.25) is 0 Å². The predicted octanol–water partition coefficient (Wildman–Crippen LogP) is -0.474. The third-order valence-electron chi connectivity index (χ3n) is 3.60. The second-order valence-corrected chi connectivity index (χ2v) is 5.07. The molecule has 114 valence electrons. The summed E-state index contributed by atoms with van der Waals surface area (Å²) in [4.78, 5) is 10.7. The molecule has 3 heterocycles. The Balaban J connectivity index is 2.10. The predicted molar refractivity (Wildman–Crippen MR) is 66.2 cm³/mol. The topological polar surface area (TPSA) is 119 Å². The SMILES string of the molecule is C[C@]1(CO)O[C@@H](n2cnc3c(N)nc(F)nc32)[C@@H](F)[C@@H]1O. The zero-order valence-corrected chi connectivity index (χ0v) is 10.9. The lowest BCUT2D eigenvalue weighted by atomic mass is 9.99. The molecule has 0 bridgehead atoms. The number of hydrogen-bond donors (Lipinski definition) is 3. The maximum Gasteiger partial charge on any atom is 0.312 e. The van der Waals surface area contributed by atoms with Gasteiger partial charge in [0.25, 0.3) is 0 Å². The number of aromatic nitrogens is 4. The lowest BCUT2D eigenvalue weighted by molar-refractivity contribution is -0.115. The summed E-state index contributed by atoms with van der Waals surface area (Å²) in [7, 11) is 0. The molecule has 1 saturated heterocycles. The van der Waals surface area contributed by atoms with Crippen molar-refractivity contribution in [3.05, 3.63) is 12.4 Å². The number of alkyl halides is 1. The largest absolute Gasteiger partial charge is 0.393 e. The number of rotatable bonds is 2. The number of nitrogens with two attached hydrogens (primary N) is 1. The molecular formula is C11H13F2N5O3. The van der Waals surface area contributed by atoms with Crippen LogP contribution in [0.5, 0.6) is 0 Å². The molecule has 0 amide bonds. The first-order valence-corrected chi connectivity index (χ1v) is 6.14. The van der Waals surface area contributed by atoms with E-state index in [0.29, 0.717) is 0 Å². The molecule has 1 aliphatic rings. The van der Waals surface area contributed by atoms with Crippen molar-refractivity contribution >= 4 is 17.0 Å². The smallest absolute Gasteiger partial charge is 0.312 e. The third-order valence-corrected chi connectivity index (χ3v) is 3.60. The van der Waals surface area contributed by atoms with Gasteiger partial charge in [-0.1, -0.05) is 0 Å². The summed E-state index contributed by atoms with van der Waals surface area (Å²) in [5.74, 6) is -0.185. The average Bonchev–Trinajstić information content (AvgIpc) is 2.95. The number of imidazole rings is 1. The van der Waals surface area contributed by atoms with Crippen molar-refractivity contribution in [2.75, 3.05) is 12.3 Å². The second kappa shape index (κ2) is 4.55. The van der Waals surface area contributed by atoms with Gasteiger partial charge in [-0.2, -0.15) is 14.4 Å². The van der Waals surface area contributed by atoms with Crippen molar-refractivity contribution in [3.63, 3.8) is 0 Å². The number of hydrogen-bond acceptors (Lipinski definition) is 7. The maximum absolute atomic E-state index is 14.3. The first kappa shape index (κ1) is 14.0. The van der Waals surface area contributed by atoms with Crippen molar-refractivity contribution in [2.45, 2.75) is 31.0 Å². The fraction of sp³-hybridized carbons (Fsp3) is 0.545. The van der Waals surface area contributed by atoms with E-state index in [9.17, 15) is 19.0 Å². The number of nitrogen functional groups attached to an aromatic ring is 1. The van der Waals surface area contributed by atoms with Crippen LogP contribution < -0.4 is 5.73 Å². The summed E-state index contributed by atoms with van der Waals surface area (Å²) in [5, 5.41) is 19.1. The monoisotopic (exact) mass is 301 g/mol. The van der Waals surface area contributed by atoms with Crippen LogP contribution in [0.15, 0.2) is 6.33 Å². The molecule has 0 aliphatic carbocycles. The Kier molecular flexibility index (Phi) is 3.04. The summed E-state index contributed by atoms with van der Waals surface area (Å²) in [6.07, 6.45) is -4.62. The van der Waals surface area contributed by atoms with Crippen LogP contribution in [0, 0.1) is 6.08 Å². The molecule has 10 heteroatoms. The number of ether oxygens (including phenoxy) is 1. The zero-order valence-electron chi connectivity index (χ0n) is 10.9. The maximum atomic E-state index is 14.3. The molecule has 4 N–H and O–H groups in total. The number of anilines is 1. The Morgan fingerprint density at radius 3 is 2.86 bits per heavy atom. The number of aliphatic hydroxyl groups excluding tert-OH is 2. The minimum absolute atomic E-state index is 0.0537. The fourth-order valence-electron chi connectivity index (χ4n) is 2.34. The molecule has 3 rings (SSSR count). The highest BCUT2D eigenvalue weighted by atomic mass is 19.1. The zero-order chi connectivity index (χ0) is 15.4. The summed E-state index contributed by atoms with van der Waals surface area (Å²) >= 11 is 0. The van der Waals surface area contributed by atoms with Crippen molar-refractivity contribution in [2.24, 2.45) is 0 Å². The number of nitrogens with zero attached hydrogens (tertiary/aromatic N) is 4. The van der Waals surface area contributed by atoms with Crippen LogP contribution >= 0.6 is 0 Å². The summed E-state index contributed by atoms with van der Waals surface area (Å²) in [6, 6.07) is 0. The third kappa shape index (κ3) is 1.94. The van der Waals surface area contributed by atoms with E-state index in [2.05, 4.69) is 15.0 Å². The number of aliphatic hydroxyl groups is 2. The van der Waals surface area contributed by atoms with Gasteiger partial charge in [-0.3, -0.25) is 4.57 Å². The number of fused-ring (bicyclic) bond motifs is 1. The van der Waals surface area contributed by atoms with E-state index in [1.54, 1.807) is 0 Å². The van der Waals surface area contributed by atoms with Crippen LogP contribution in [0.25, 0.3) is 11.2 Å². The molecule has 0 saturated carbocycles. The van der Waals surface area contributed by atoms with E-state index in [1.807, 2.05) is 0 Å². The Morgan fingerprint density at radius 2 is 2.24 bits per heavy atom. The molecular weight excluding hydrogens is 288 g/mol. The molecule has 4 atom stereocenters. The van der Waals surface area contributed by atoms with Crippen molar-refractivity contribution in [1.29, 1.82) is 0 Å². The van der Waals surface area contributed by atoms with Gasteiger partial charge in [-0.15, -0.1) is 0 Å². The standard InChI is InChI=1S/C11H13F2N5O3/c1-11(2-19)6(20)4(12)9(21-11)18-3-15-5-7(14)16-10(13)17-8(5)18/h3-4,6,9,19-20H,2H2,1H3,(H2,14,16,17)/t4-,6-,9+,11+/m0/s1.